The van der Waals surface area contributed by atoms with Crippen LogP contribution in [0.1, 0.15) is 26.3 Å². The van der Waals surface area contributed by atoms with Crippen molar-refractivity contribution in [2.24, 2.45) is 5.10 Å². The second kappa shape index (κ2) is 7.83. The Morgan fingerprint density at radius 2 is 2.19 bits per heavy atom. The molecule has 21 heavy (non-hydrogen) atoms. The van der Waals surface area contributed by atoms with Crippen molar-refractivity contribution in [2.75, 3.05) is 6.61 Å². The molecule has 0 aliphatic heterocycles. The van der Waals surface area contributed by atoms with Gasteiger partial charge in [0.2, 0.25) is 0 Å². The highest BCUT2D eigenvalue weighted by Crippen LogP contribution is 2.21. The van der Waals surface area contributed by atoms with E-state index in [4.69, 9.17) is 9.47 Å². The lowest BCUT2D eigenvalue weighted by molar-refractivity contribution is 0.0529. The highest BCUT2D eigenvalue weighted by molar-refractivity contribution is 9.10. The standard InChI is InChI=1S/C15H19BrN2O3/c1-5-8-20-13-7-6-12(16)9-11(13)10-17-18-14(19)21-15(2,3)4/h5-7,9-10H,1,8H2,2-4H3,(H,18,19)/b17-10+. The molecular formula is C15H19BrN2O3. The summed E-state index contributed by atoms with van der Waals surface area (Å²) in [6, 6.07) is 5.50. The van der Waals surface area contributed by atoms with Crippen LogP contribution in [-0.4, -0.2) is 24.5 Å². The zero-order valence-electron chi connectivity index (χ0n) is 12.4. The van der Waals surface area contributed by atoms with E-state index in [9.17, 15) is 4.79 Å². The minimum Gasteiger partial charge on any atom is -0.489 e. The van der Waals surface area contributed by atoms with E-state index in [0.29, 0.717) is 12.4 Å². The molecule has 0 heterocycles. The van der Waals surface area contributed by atoms with Crippen molar-refractivity contribution in [1.82, 2.24) is 5.43 Å². The molecule has 0 radical (unpaired) electrons. The summed E-state index contributed by atoms with van der Waals surface area (Å²) in [5.41, 5.74) is 2.47. The van der Waals surface area contributed by atoms with Crippen LogP contribution in [0.5, 0.6) is 5.75 Å². The van der Waals surface area contributed by atoms with Crippen molar-refractivity contribution in [2.45, 2.75) is 26.4 Å². The molecule has 0 spiro atoms. The summed E-state index contributed by atoms with van der Waals surface area (Å²) in [5.74, 6) is 0.646. The predicted octanol–water partition coefficient (Wildman–Crippen LogP) is 3.87. The minimum absolute atomic E-state index is 0.391. The third kappa shape index (κ3) is 6.94. The van der Waals surface area contributed by atoms with E-state index < -0.39 is 11.7 Å². The number of carbonyl (C=O) groups is 1. The Kier molecular flexibility index (Phi) is 6.42. The highest BCUT2D eigenvalue weighted by atomic mass is 79.9. The van der Waals surface area contributed by atoms with E-state index in [-0.39, 0.29) is 0 Å². The molecule has 6 heteroatoms. The van der Waals surface area contributed by atoms with Gasteiger partial charge >= 0.3 is 6.09 Å². The van der Waals surface area contributed by atoms with Crippen molar-refractivity contribution in [3.63, 3.8) is 0 Å². The van der Waals surface area contributed by atoms with Crippen LogP contribution >= 0.6 is 15.9 Å². The molecule has 0 saturated carbocycles. The molecular weight excluding hydrogens is 336 g/mol. The summed E-state index contributed by atoms with van der Waals surface area (Å²) < 4.78 is 11.5. The molecule has 0 fully saturated rings. The lowest BCUT2D eigenvalue weighted by Crippen LogP contribution is -2.29. The Morgan fingerprint density at radius 1 is 1.48 bits per heavy atom. The molecule has 0 saturated heterocycles. The number of amides is 1. The monoisotopic (exact) mass is 354 g/mol. The smallest absolute Gasteiger partial charge is 0.428 e. The van der Waals surface area contributed by atoms with Crippen molar-refractivity contribution in [3.05, 3.63) is 40.9 Å². The van der Waals surface area contributed by atoms with Crippen molar-refractivity contribution in [3.8, 4) is 5.75 Å². The largest absolute Gasteiger partial charge is 0.489 e. The lowest BCUT2D eigenvalue weighted by Gasteiger charge is -2.18. The molecule has 114 valence electrons. The Morgan fingerprint density at radius 3 is 2.81 bits per heavy atom. The fourth-order valence-electron chi connectivity index (χ4n) is 1.36. The Labute approximate surface area is 133 Å². The van der Waals surface area contributed by atoms with Gasteiger partial charge in [0, 0.05) is 10.0 Å². The van der Waals surface area contributed by atoms with Crippen LogP contribution in [0.25, 0.3) is 0 Å². The first-order valence-corrected chi connectivity index (χ1v) is 7.16. The molecule has 1 rings (SSSR count). The molecule has 0 bridgehead atoms. The minimum atomic E-state index is -0.609. The van der Waals surface area contributed by atoms with E-state index in [1.54, 1.807) is 26.8 Å². The van der Waals surface area contributed by atoms with Gasteiger partial charge in [-0.15, -0.1) is 0 Å². The summed E-state index contributed by atoms with van der Waals surface area (Å²) in [6.07, 6.45) is 2.54. The molecule has 5 nitrogen and oxygen atoms in total. The zero-order valence-corrected chi connectivity index (χ0v) is 13.9. The second-order valence-electron chi connectivity index (χ2n) is 5.15. The molecule has 1 N–H and O–H groups in total. The summed E-state index contributed by atoms with van der Waals surface area (Å²) in [4.78, 5) is 11.5. The van der Waals surface area contributed by atoms with Gasteiger partial charge in [-0.1, -0.05) is 28.6 Å². The lowest BCUT2D eigenvalue weighted by atomic mass is 10.2. The van der Waals surface area contributed by atoms with Gasteiger partial charge in [0.25, 0.3) is 0 Å². The van der Waals surface area contributed by atoms with Gasteiger partial charge in [0.05, 0.1) is 6.21 Å². The molecule has 0 aromatic heterocycles. The third-order valence-electron chi connectivity index (χ3n) is 2.09. The number of rotatable bonds is 5. The van der Waals surface area contributed by atoms with E-state index in [2.05, 4.69) is 33.0 Å². The van der Waals surface area contributed by atoms with Crippen LogP contribution in [0, 0.1) is 0 Å². The van der Waals surface area contributed by atoms with Crippen LogP contribution in [0.15, 0.2) is 40.4 Å². The first-order valence-electron chi connectivity index (χ1n) is 6.37. The molecule has 0 atom stereocenters. The van der Waals surface area contributed by atoms with Gasteiger partial charge in [-0.3, -0.25) is 0 Å². The van der Waals surface area contributed by atoms with E-state index >= 15 is 0 Å². The number of hydrogen-bond donors (Lipinski definition) is 1. The Hall–Kier alpha value is -1.82. The topological polar surface area (TPSA) is 59.9 Å². The van der Waals surface area contributed by atoms with Gasteiger partial charge in [-0.05, 0) is 39.0 Å². The maximum Gasteiger partial charge on any atom is 0.428 e. The number of nitrogens with zero attached hydrogens (tertiary/aromatic N) is 1. The average Bonchev–Trinajstić information content (AvgIpc) is 2.35. The number of ether oxygens (including phenoxy) is 2. The van der Waals surface area contributed by atoms with Crippen LogP contribution in [0.2, 0.25) is 0 Å². The first kappa shape index (κ1) is 17.2. The maximum absolute atomic E-state index is 11.5. The maximum atomic E-state index is 11.5. The Balaban J connectivity index is 2.72. The van der Waals surface area contributed by atoms with Crippen LogP contribution in [0.3, 0.4) is 0 Å². The van der Waals surface area contributed by atoms with Gasteiger partial charge in [-0.2, -0.15) is 5.10 Å². The molecule has 0 aliphatic rings. The quantitative estimate of drug-likeness (QED) is 0.496. The van der Waals surface area contributed by atoms with Crippen molar-refractivity contribution >= 4 is 28.2 Å². The number of nitrogens with one attached hydrogen (secondary N) is 1. The van der Waals surface area contributed by atoms with Crippen LogP contribution in [-0.2, 0) is 4.74 Å². The molecule has 1 aromatic rings. The number of hydrogen-bond acceptors (Lipinski definition) is 4. The normalized spacial score (nSPS) is 11.2. The summed E-state index contributed by atoms with van der Waals surface area (Å²) in [7, 11) is 0. The van der Waals surface area contributed by atoms with Crippen LogP contribution in [0.4, 0.5) is 4.79 Å². The zero-order chi connectivity index (χ0) is 15.9. The van der Waals surface area contributed by atoms with Gasteiger partial charge in [0.15, 0.2) is 0 Å². The Bertz CT molecular complexity index is 536. The summed E-state index contributed by atoms with van der Waals surface area (Å²) in [6.45, 7) is 9.34. The van der Waals surface area contributed by atoms with E-state index in [0.717, 1.165) is 10.0 Å². The summed E-state index contributed by atoms with van der Waals surface area (Å²) in [5, 5.41) is 3.86. The fraction of sp³-hybridized carbons (Fsp3) is 0.333. The average molecular weight is 355 g/mol. The first-order chi connectivity index (χ1) is 9.81. The summed E-state index contributed by atoms with van der Waals surface area (Å²) >= 11 is 3.38. The SMILES string of the molecule is C=CCOc1ccc(Br)cc1/C=N/NC(=O)OC(C)(C)C. The number of hydrazone groups is 1. The third-order valence-corrected chi connectivity index (χ3v) is 2.58. The number of halogens is 1. The van der Waals surface area contributed by atoms with E-state index in [1.165, 1.54) is 6.21 Å². The second-order valence-corrected chi connectivity index (χ2v) is 6.07. The van der Waals surface area contributed by atoms with E-state index in [1.807, 2.05) is 18.2 Å². The highest BCUT2D eigenvalue weighted by Gasteiger charge is 2.15. The molecule has 0 unspecified atom stereocenters. The number of benzene rings is 1. The fourth-order valence-corrected chi connectivity index (χ4v) is 1.73. The van der Waals surface area contributed by atoms with Gasteiger partial charge in [0.1, 0.15) is 18.0 Å². The van der Waals surface area contributed by atoms with Gasteiger partial charge < -0.3 is 9.47 Å². The predicted molar refractivity (Wildman–Crippen MR) is 86.8 cm³/mol. The van der Waals surface area contributed by atoms with Crippen molar-refractivity contribution < 1.29 is 14.3 Å². The van der Waals surface area contributed by atoms with Crippen molar-refractivity contribution in [1.29, 1.82) is 0 Å². The molecule has 0 aliphatic carbocycles. The van der Waals surface area contributed by atoms with Crippen LogP contribution < -0.4 is 10.2 Å². The molecule has 1 amide bonds. The number of carbonyl (C=O) groups excluding carboxylic acids is 1. The molecule has 1 aromatic carbocycles. The van der Waals surface area contributed by atoms with Gasteiger partial charge in [-0.25, -0.2) is 10.2 Å².